The van der Waals surface area contributed by atoms with Crippen LogP contribution in [0.25, 0.3) is 22.6 Å². The highest BCUT2D eigenvalue weighted by atomic mass is 16.5. The van der Waals surface area contributed by atoms with Gasteiger partial charge < -0.3 is 10.3 Å². The van der Waals surface area contributed by atoms with Crippen LogP contribution in [0.3, 0.4) is 0 Å². The van der Waals surface area contributed by atoms with Crippen molar-refractivity contribution >= 4 is 5.91 Å². The maximum absolute atomic E-state index is 11.0. The number of rotatable bonds is 4. The molecule has 0 radical (unpaired) electrons. The molecule has 3 aromatic rings. The third-order valence-electron chi connectivity index (χ3n) is 4.17. The summed E-state index contributed by atoms with van der Waals surface area (Å²) in [7, 11) is 0. The van der Waals surface area contributed by atoms with Crippen LogP contribution in [0.5, 0.6) is 0 Å². The fraction of sp³-hybridized carbons (Fsp3) is 0.238. The fourth-order valence-corrected chi connectivity index (χ4v) is 2.68. The average molecular weight is 334 g/mol. The van der Waals surface area contributed by atoms with E-state index in [1.54, 1.807) is 0 Å². The van der Waals surface area contributed by atoms with Crippen LogP contribution in [-0.2, 0) is 16.6 Å². The third kappa shape index (κ3) is 3.97. The van der Waals surface area contributed by atoms with Crippen LogP contribution < -0.4 is 5.73 Å². The minimum absolute atomic E-state index is 0.123. The summed E-state index contributed by atoms with van der Waals surface area (Å²) in [5, 5.41) is 4.16. The first-order valence-corrected chi connectivity index (χ1v) is 8.28. The maximum atomic E-state index is 11.0. The summed E-state index contributed by atoms with van der Waals surface area (Å²) in [5.74, 6) is 0.395. The number of hydrogen-bond donors (Lipinski definition) is 1. The largest absolute Gasteiger partial charge is 0.369 e. The van der Waals surface area contributed by atoms with Gasteiger partial charge >= 0.3 is 0 Å². The van der Waals surface area contributed by atoms with Crippen molar-refractivity contribution in [2.75, 3.05) is 0 Å². The van der Waals surface area contributed by atoms with Crippen LogP contribution in [0, 0.1) is 0 Å². The Balaban J connectivity index is 1.81. The molecule has 0 aliphatic heterocycles. The molecule has 4 nitrogen and oxygen atoms in total. The summed E-state index contributed by atoms with van der Waals surface area (Å²) in [5.41, 5.74) is 10.2. The number of aromatic nitrogens is 1. The van der Waals surface area contributed by atoms with Gasteiger partial charge in [-0.15, -0.1) is 0 Å². The Hall–Kier alpha value is -2.88. The molecule has 0 saturated carbocycles. The molecule has 0 aliphatic carbocycles. The van der Waals surface area contributed by atoms with Crippen molar-refractivity contribution in [3.05, 3.63) is 65.7 Å². The van der Waals surface area contributed by atoms with E-state index in [1.807, 2.05) is 30.3 Å². The lowest BCUT2D eigenvalue weighted by Crippen LogP contribution is -2.13. The molecule has 2 aromatic carbocycles. The number of benzene rings is 2. The summed E-state index contributed by atoms with van der Waals surface area (Å²) >= 11 is 0. The lowest BCUT2D eigenvalue weighted by Gasteiger charge is -2.18. The van der Waals surface area contributed by atoms with Gasteiger partial charge in [0, 0.05) is 17.2 Å². The van der Waals surface area contributed by atoms with Crippen molar-refractivity contribution in [1.82, 2.24) is 5.16 Å². The van der Waals surface area contributed by atoms with Crippen LogP contribution in [0.1, 0.15) is 31.9 Å². The van der Waals surface area contributed by atoms with Gasteiger partial charge in [0.15, 0.2) is 5.76 Å². The Morgan fingerprint density at radius 1 is 1.00 bits per heavy atom. The van der Waals surface area contributed by atoms with Gasteiger partial charge in [-0.05, 0) is 16.5 Å². The smallest absolute Gasteiger partial charge is 0.221 e. The molecule has 1 amide bonds. The van der Waals surface area contributed by atoms with Crippen molar-refractivity contribution in [1.29, 1.82) is 0 Å². The Labute approximate surface area is 147 Å². The molecule has 0 unspecified atom stereocenters. The highest BCUT2D eigenvalue weighted by molar-refractivity contribution is 5.77. The van der Waals surface area contributed by atoms with E-state index in [4.69, 9.17) is 10.3 Å². The number of carbonyl (C=O) groups is 1. The summed E-state index contributed by atoms with van der Waals surface area (Å²) in [6.45, 7) is 6.57. The highest BCUT2D eigenvalue weighted by Gasteiger charge is 2.14. The van der Waals surface area contributed by atoms with E-state index in [1.165, 1.54) is 5.56 Å². The molecule has 1 aromatic heterocycles. The number of primary amides is 1. The molecule has 4 heteroatoms. The topological polar surface area (TPSA) is 69.1 Å². The fourth-order valence-electron chi connectivity index (χ4n) is 2.68. The Morgan fingerprint density at radius 2 is 1.60 bits per heavy atom. The van der Waals surface area contributed by atoms with Crippen molar-refractivity contribution in [3.8, 4) is 22.6 Å². The maximum Gasteiger partial charge on any atom is 0.221 e. The average Bonchev–Trinajstić information content (AvgIpc) is 3.04. The van der Waals surface area contributed by atoms with Crippen LogP contribution in [-0.4, -0.2) is 11.1 Å². The van der Waals surface area contributed by atoms with Crippen molar-refractivity contribution in [3.63, 3.8) is 0 Å². The first-order valence-electron chi connectivity index (χ1n) is 8.28. The molecule has 128 valence electrons. The van der Waals surface area contributed by atoms with Gasteiger partial charge in [0.05, 0.1) is 6.42 Å². The predicted molar refractivity (Wildman–Crippen MR) is 99.0 cm³/mol. The summed E-state index contributed by atoms with van der Waals surface area (Å²) in [6, 6.07) is 17.9. The Kier molecular flexibility index (Phi) is 4.45. The summed E-state index contributed by atoms with van der Waals surface area (Å²) < 4.78 is 5.50. The van der Waals surface area contributed by atoms with Crippen molar-refractivity contribution in [2.24, 2.45) is 5.73 Å². The van der Waals surface area contributed by atoms with Gasteiger partial charge in [0.1, 0.15) is 5.69 Å². The monoisotopic (exact) mass is 334 g/mol. The molecular weight excluding hydrogens is 312 g/mol. The molecule has 3 rings (SSSR count). The van der Waals surface area contributed by atoms with Crippen molar-refractivity contribution < 1.29 is 9.32 Å². The quantitative estimate of drug-likeness (QED) is 0.772. The molecule has 2 N–H and O–H groups in total. The van der Waals surface area contributed by atoms with Crippen LogP contribution in [0.2, 0.25) is 0 Å². The highest BCUT2D eigenvalue weighted by Crippen LogP contribution is 2.29. The van der Waals surface area contributed by atoms with Gasteiger partial charge in [-0.3, -0.25) is 4.79 Å². The van der Waals surface area contributed by atoms with E-state index in [2.05, 4.69) is 50.2 Å². The number of nitrogens with two attached hydrogens (primary N) is 1. The van der Waals surface area contributed by atoms with Gasteiger partial charge in [0.2, 0.25) is 5.91 Å². The second-order valence-corrected chi connectivity index (χ2v) is 7.24. The summed E-state index contributed by atoms with van der Waals surface area (Å²) in [6.07, 6.45) is 0.241. The number of amides is 1. The molecule has 0 aliphatic rings. The van der Waals surface area contributed by atoms with Crippen LogP contribution >= 0.6 is 0 Å². The number of hydrogen-bond acceptors (Lipinski definition) is 3. The standard InChI is InChI=1S/C21H22N2O2/c1-21(2,3)17-10-8-16(9-11-17)19-13-18(23-25-19)15-6-4-14(5-7-15)12-20(22)24/h4-11,13H,12H2,1-3H3,(H2,22,24). The zero-order chi connectivity index (χ0) is 18.0. The zero-order valence-corrected chi connectivity index (χ0v) is 14.7. The minimum Gasteiger partial charge on any atom is -0.369 e. The molecular formula is C21H22N2O2. The normalized spacial score (nSPS) is 11.5. The Morgan fingerprint density at radius 3 is 2.16 bits per heavy atom. The second-order valence-electron chi connectivity index (χ2n) is 7.24. The van der Waals surface area contributed by atoms with Crippen LogP contribution in [0.15, 0.2) is 59.1 Å². The molecule has 25 heavy (non-hydrogen) atoms. The molecule has 1 heterocycles. The zero-order valence-electron chi connectivity index (χ0n) is 14.7. The van der Waals surface area contributed by atoms with E-state index in [-0.39, 0.29) is 17.7 Å². The number of nitrogens with zero attached hydrogens (tertiary/aromatic N) is 1. The van der Waals surface area contributed by atoms with Gasteiger partial charge in [-0.2, -0.15) is 0 Å². The predicted octanol–water partition coefficient (Wildman–Crippen LogP) is 4.33. The second kappa shape index (κ2) is 6.55. The lowest BCUT2D eigenvalue weighted by molar-refractivity contribution is -0.117. The van der Waals surface area contributed by atoms with E-state index < -0.39 is 0 Å². The van der Waals surface area contributed by atoms with E-state index >= 15 is 0 Å². The SMILES string of the molecule is CC(C)(C)c1ccc(-c2cc(-c3ccc(CC(N)=O)cc3)no2)cc1. The van der Waals surface area contributed by atoms with Crippen LogP contribution in [0.4, 0.5) is 0 Å². The van der Waals surface area contributed by atoms with E-state index in [9.17, 15) is 4.79 Å². The minimum atomic E-state index is -0.338. The summed E-state index contributed by atoms with van der Waals surface area (Å²) in [4.78, 5) is 11.0. The Bertz CT molecular complexity index is 870. The lowest BCUT2D eigenvalue weighted by atomic mass is 9.86. The molecule has 0 bridgehead atoms. The first-order chi connectivity index (χ1) is 11.8. The third-order valence-corrected chi connectivity index (χ3v) is 4.17. The van der Waals surface area contributed by atoms with Gasteiger partial charge in [0.25, 0.3) is 0 Å². The molecule has 0 atom stereocenters. The molecule has 0 fully saturated rings. The van der Waals surface area contributed by atoms with Crippen molar-refractivity contribution in [2.45, 2.75) is 32.6 Å². The molecule has 0 spiro atoms. The van der Waals surface area contributed by atoms with Gasteiger partial charge in [-0.1, -0.05) is 74.5 Å². The van der Waals surface area contributed by atoms with Gasteiger partial charge in [-0.25, -0.2) is 0 Å². The van der Waals surface area contributed by atoms with E-state index in [0.29, 0.717) is 0 Å². The van der Waals surface area contributed by atoms with E-state index in [0.717, 1.165) is 28.1 Å². The molecule has 0 saturated heterocycles. The number of carbonyl (C=O) groups excluding carboxylic acids is 1. The first kappa shape index (κ1) is 17.0.